The monoisotopic (exact) mass is 200 g/mol. The van der Waals surface area contributed by atoms with Crippen molar-refractivity contribution in [1.82, 2.24) is 9.97 Å². The minimum Gasteiger partial charge on any atom is -0.366 e. The zero-order chi connectivity index (χ0) is 9.68. The third-order valence-corrected chi connectivity index (χ3v) is 1.45. The molecule has 0 aliphatic heterocycles. The van der Waals surface area contributed by atoms with Crippen molar-refractivity contribution in [2.24, 2.45) is 0 Å². The standard InChI is InChI=1S/C7H6ClFN4/c8-7-12-4-5(3-10)6(13-7)11-2-1-9/h4H,1-2H2,(H,11,12,13). The van der Waals surface area contributed by atoms with Gasteiger partial charge in [0.1, 0.15) is 24.1 Å². The van der Waals surface area contributed by atoms with Crippen LogP contribution in [0, 0.1) is 11.3 Å². The highest BCUT2D eigenvalue weighted by Gasteiger charge is 2.04. The summed E-state index contributed by atoms with van der Waals surface area (Å²) in [4.78, 5) is 7.35. The molecule has 0 atom stereocenters. The van der Waals surface area contributed by atoms with Crippen molar-refractivity contribution in [1.29, 1.82) is 5.26 Å². The van der Waals surface area contributed by atoms with Crippen molar-refractivity contribution >= 4 is 17.4 Å². The first-order valence-corrected chi connectivity index (χ1v) is 3.88. The van der Waals surface area contributed by atoms with Crippen LogP contribution in [0.25, 0.3) is 0 Å². The number of nitrogens with one attached hydrogen (secondary N) is 1. The number of hydrogen-bond acceptors (Lipinski definition) is 4. The van der Waals surface area contributed by atoms with E-state index in [2.05, 4.69) is 15.3 Å². The minimum atomic E-state index is -0.535. The molecule has 1 heterocycles. The summed E-state index contributed by atoms with van der Waals surface area (Å²) in [7, 11) is 0. The molecule has 0 fully saturated rings. The Morgan fingerprint density at radius 2 is 2.46 bits per heavy atom. The number of halogens is 2. The number of nitrogens with zero attached hydrogens (tertiary/aromatic N) is 3. The number of aromatic nitrogens is 2. The summed E-state index contributed by atoms with van der Waals surface area (Å²) < 4.78 is 11.8. The van der Waals surface area contributed by atoms with Gasteiger partial charge < -0.3 is 5.32 Å². The highest BCUT2D eigenvalue weighted by atomic mass is 35.5. The van der Waals surface area contributed by atoms with Gasteiger partial charge in [0.05, 0.1) is 6.20 Å². The maximum Gasteiger partial charge on any atom is 0.224 e. The molecule has 0 saturated heterocycles. The van der Waals surface area contributed by atoms with E-state index < -0.39 is 6.67 Å². The molecule has 1 N–H and O–H groups in total. The van der Waals surface area contributed by atoms with E-state index in [1.807, 2.05) is 6.07 Å². The van der Waals surface area contributed by atoms with Gasteiger partial charge in [0.25, 0.3) is 0 Å². The SMILES string of the molecule is N#Cc1cnc(Cl)nc1NCCF. The fourth-order valence-corrected chi connectivity index (χ4v) is 0.876. The van der Waals surface area contributed by atoms with E-state index in [4.69, 9.17) is 16.9 Å². The van der Waals surface area contributed by atoms with Crippen molar-refractivity contribution in [3.8, 4) is 6.07 Å². The Kier molecular flexibility index (Phi) is 3.41. The molecule has 0 radical (unpaired) electrons. The van der Waals surface area contributed by atoms with Crippen molar-refractivity contribution in [2.45, 2.75) is 0 Å². The summed E-state index contributed by atoms with van der Waals surface area (Å²) in [5.74, 6) is 0.264. The lowest BCUT2D eigenvalue weighted by Gasteiger charge is -2.03. The second kappa shape index (κ2) is 4.58. The summed E-state index contributed by atoms with van der Waals surface area (Å²) in [5, 5.41) is 11.3. The Bertz CT molecular complexity index is 336. The first-order chi connectivity index (χ1) is 6.27. The largest absolute Gasteiger partial charge is 0.366 e. The Balaban J connectivity index is 2.89. The molecule has 0 bridgehead atoms. The third-order valence-electron chi connectivity index (χ3n) is 1.27. The van der Waals surface area contributed by atoms with Crippen molar-refractivity contribution in [3.63, 3.8) is 0 Å². The summed E-state index contributed by atoms with van der Waals surface area (Å²) in [6.45, 7) is -0.436. The third kappa shape index (κ3) is 2.53. The molecule has 0 aliphatic rings. The van der Waals surface area contributed by atoms with Crippen LogP contribution in [0.4, 0.5) is 10.2 Å². The van der Waals surface area contributed by atoms with E-state index in [9.17, 15) is 4.39 Å². The number of nitriles is 1. The summed E-state index contributed by atoms with van der Waals surface area (Å²) in [5.41, 5.74) is 0.248. The highest BCUT2D eigenvalue weighted by Crippen LogP contribution is 2.12. The van der Waals surface area contributed by atoms with Crippen LogP contribution in [-0.4, -0.2) is 23.2 Å². The fraction of sp³-hybridized carbons (Fsp3) is 0.286. The first-order valence-electron chi connectivity index (χ1n) is 3.50. The van der Waals surface area contributed by atoms with Gasteiger partial charge in [-0.25, -0.2) is 9.37 Å². The van der Waals surface area contributed by atoms with Crippen LogP contribution in [0.3, 0.4) is 0 Å². The molecule has 0 saturated carbocycles. The lowest BCUT2D eigenvalue weighted by Crippen LogP contribution is -2.07. The average Bonchev–Trinajstić information content (AvgIpc) is 2.15. The lowest BCUT2D eigenvalue weighted by atomic mass is 10.3. The molecule has 0 amide bonds. The molecule has 1 aromatic rings. The topological polar surface area (TPSA) is 61.6 Å². The molecule has 4 nitrogen and oxygen atoms in total. The predicted molar refractivity (Wildman–Crippen MR) is 46.2 cm³/mol. The fourth-order valence-electron chi connectivity index (χ4n) is 0.743. The van der Waals surface area contributed by atoms with Crippen LogP contribution in [0.5, 0.6) is 0 Å². The Morgan fingerprint density at radius 1 is 1.69 bits per heavy atom. The summed E-state index contributed by atoms with van der Waals surface area (Å²) in [6.07, 6.45) is 1.29. The Morgan fingerprint density at radius 3 is 3.08 bits per heavy atom. The van der Waals surface area contributed by atoms with Gasteiger partial charge in [-0.15, -0.1) is 0 Å². The molecular formula is C7H6ClFN4. The molecule has 0 spiro atoms. The molecule has 0 unspecified atom stereocenters. The quantitative estimate of drug-likeness (QED) is 0.749. The normalized spacial score (nSPS) is 9.31. The number of rotatable bonds is 3. The molecule has 0 aromatic carbocycles. The zero-order valence-corrected chi connectivity index (χ0v) is 7.35. The Hall–Kier alpha value is -1.41. The number of alkyl halides is 1. The maximum atomic E-state index is 11.8. The van der Waals surface area contributed by atoms with Crippen LogP contribution in [0.15, 0.2) is 6.20 Å². The molecule has 1 rings (SSSR count). The van der Waals surface area contributed by atoms with Crippen LogP contribution in [0.1, 0.15) is 5.56 Å². The van der Waals surface area contributed by atoms with Crippen LogP contribution in [0.2, 0.25) is 5.28 Å². The van der Waals surface area contributed by atoms with Gasteiger partial charge in [-0.2, -0.15) is 10.2 Å². The lowest BCUT2D eigenvalue weighted by molar-refractivity contribution is 0.512. The molecule has 68 valence electrons. The molecule has 0 aliphatic carbocycles. The van der Waals surface area contributed by atoms with Gasteiger partial charge in [0.15, 0.2) is 0 Å². The number of anilines is 1. The van der Waals surface area contributed by atoms with Gasteiger partial charge in [-0.3, -0.25) is 0 Å². The highest BCUT2D eigenvalue weighted by molar-refractivity contribution is 6.28. The van der Waals surface area contributed by atoms with Crippen LogP contribution in [-0.2, 0) is 0 Å². The summed E-state index contributed by atoms with van der Waals surface area (Å²) in [6, 6.07) is 1.86. The Labute approximate surface area is 79.4 Å². The van der Waals surface area contributed by atoms with E-state index >= 15 is 0 Å². The zero-order valence-electron chi connectivity index (χ0n) is 6.59. The van der Waals surface area contributed by atoms with Gasteiger partial charge in [-0.05, 0) is 11.6 Å². The van der Waals surface area contributed by atoms with Crippen LogP contribution >= 0.6 is 11.6 Å². The van der Waals surface area contributed by atoms with Crippen molar-refractivity contribution in [2.75, 3.05) is 18.5 Å². The molecular weight excluding hydrogens is 195 g/mol. The van der Waals surface area contributed by atoms with Crippen molar-refractivity contribution < 1.29 is 4.39 Å². The summed E-state index contributed by atoms with van der Waals surface area (Å²) >= 11 is 5.49. The predicted octanol–water partition coefficient (Wildman–Crippen LogP) is 1.38. The second-order valence-electron chi connectivity index (χ2n) is 2.13. The van der Waals surface area contributed by atoms with Gasteiger partial charge in [0.2, 0.25) is 5.28 Å². The van der Waals surface area contributed by atoms with Crippen LogP contribution < -0.4 is 5.32 Å². The van der Waals surface area contributed by atoms with E-state index in [0.29, 0.717) is 0 Å². The molecule has 13 heavy (non-hydrogen) atoms. The maximum absolute atomic E-state index is 11.8. The van der Waals surface area contributed by atoms with Gasteiger partial charge in [0, 0.05) is 6.54 Å². The van der Waals surface area contributed by atoms with Gasteiger partial charge >= 0.3 is 0 Å². The average molecular weight is 201 g/mol. The minimum absolute atomic E-state index is 0.0281. The smallest absolute Gasteiger partial charge is 0.224 e. The number of hydrogen-bond donors (Lipinski definition) is 1. The van der Waals surface area contributed by atoms with E-state index in [1.54, 1.807) is 0 Å². The van der Waals surface area contributed by atoms with E-state index in [1.165, 1.54) is 6.20 Å². The first kappa shape index (κ1) is 9.68. The molecule has 6 heteroatoms. The van der Waals surface area contributed by atoms with Crippen molar-refractivity contribution in [3.05, 3.63) is 17.0 Å². The molecule has 1 aromatic heterocycles. The van der Waals surface area contributed by atoms with Gasteiger partial charge in [-0.1, -0.05) is 0 Å². The van der Waals surface area contributed by atoms with E-state index in [-0.39, 0.29) is 23.2 Å². The second-order valence-corrected chi connectivity index (χ2v) is 2.47. The van der Waals surface area contributed by atoms with E-state index in [0.717, 1.165) is 0 Å².